The molecule has 2 aliphatic rings. The third kappa shape index (κ3) is 3.65. The molecule has 2 aliphatic heterocycles. The number of amides is 1. The number of nitrogens with zero attached hydrogens (tertiary/aromatic N) is 1. The summed E-state index contributed by atoms with van der Waals surface area (Å²) in [6.45, 7) is 4.62. The maximum Gasteiger partial charge on any atom is 0.246 e. The lowest BCUT2D eigenvalue weighted by Gasteiger charge is -2.33. The second-order valence-electron chi connectivity index (χ2n) is 6.87. The second-order valence-corrected chi connectivity index (χ2v) is 7.30. The molecule has 128 valence electrons. The number of hydrogen-bond donors (Lipinski definition) is 1. The molecule has 0 bridgehead atoms. The predicted molar refractivity (Wildman–Crippen MR) is 95.1 cm³/mol. The Balaban J connectivity index is 1.73. The molecule has 1 fully saturated rings. The highest BCUT2D eigenvalue weighted by Crippen LogP contribution is 2.30. The van der Waals surface area contributed by atoms with Crippen LogP contribution in [0.4, 0.5) is 0 Å². The van der Waals surface area contributed by atoms with Gasteiger partial charge in [-0.05, 0) is 56.5 Å². The number of carbonyl (C=O) groups excluding carboxylic acids is 1. The first-order valence-electron chi connectivity index (χ1n) is 8.18. The lowest BCUT2D eigenvalue weighted by Crippen LogP contribution is -2.47. The summed E-state index contributed by atoms with van der Waals surface area (Å²) in [4.78, 5) is 14.2. The Bertz CT molecular complexity index is 703. The van der Waals surface area contributed by atoms with E-state index in [2.05, 4.69) is 0 Å². The van der Waals surface area contributed by atoms with Gasteiger partial charge in [-0.3, -0.25) is 4.79 Å². The van der Waals surface area contributed by atoms with Gasteiger partial charge in [0.25, 0.3) is 0 Å². The summed E-state index contributed by atoms with van der Waals surface area (Å²) < 4.78 is 5.68. The van der Waals surface area contributed by atoms with Crippen LogP contribution in [0.25, 0.3) is 6.08 Å². The van der Waals surface area contributed by atoms with Crippen LogP contribution >= 0.6 is 11.6 Å². The number of likely N-dealkylation sites (tertiary alicyclic amines) is 1. The summed E-state index contributed by atoms with van der Waals surface area (Å²) >= 11 is 6.01. The Hall–Kier alpha value is -1.78. The zero-order chi connectivity index (χ0) is 17.3. The van der Waals surface area contributed by atoms with Gasteiger partial charge in [0, 0.05) is 23.2 Å². The van der Waals surface area contributed by atoms with Gasteiger partial charge in [0.1, 0.15) is 12.4 Å². The number of ether oxygens (including phenoxy) is 1. The minimum atomic E-state index is -0.886. The summed E-state index contributed by atoms with van der Waals surface area (Å²) in [5, 5.41) is 10.9. The van der Waals surface area contributed by atoms with Crippen LogP contribution in [0.15, 0.2) is 35.9 Å². The molecule has 0 aromatic heterocycles. The Labute approximate surface area is 147 Å². The van der Waals surface area contributed by atoms with Gasteiger partial charge in [0.05, 0.1) is 11.6 Å². The van der Waals surface area contributed by atoms with E-state index in [9.17, 15) is 9.90 Å². The van der Waals surface area contributed by atoms with Crippen molar-refractivity contribution in [1.82, 2.24) is 4.90 Å². The minimum Gasteiger partial charge on any atom is -0.488 e. The fourth-order valence-corrected chi connectivity index (χ4v) is 3.48. The number of rotatable bonds is 3. The fraction of sp³-hybridized carbons (Fsp3) is 0.421. The number of fused-ring (bicyclic) bond motifs is 1. The van der Waals surface area contributed by atoms with Crippen molar-refractivity contribution in [3.63, 3.8) is 0 Å². The first kappa shape index (κ1) is 17.1. The van der Waals surface area contributed by atoms with Gasteiger partial charge < -0.3 is 14.7 Å². The molecule has 0 spiro atoms. The molecule has 4 nitrogen and oxygen atoms in total. The molecular weight excluding hydrogens is 326 g/mol. The van der Waals surface area contributed by atoms with Crippen LogP contribution < -0.4 is 4.74 Å². The van der Waals surface area contributed by atoms with Gasteiger partial charge in [-0.25, -0.2) is 0 Å². The highest BCUT2D eigenvalue weighted by molar-refractivity contribution is 6.30. The molecular formula is C19H22ClNO3. The SMILES string of the molecule is CC(C)(O)C1CCCN1C(=O)/C=C/C1=Cc2cc(Cl)ccc2OC1. The van der Waals surface area contributed by atoms with E-state index in [1.54, 1.807) is 37.0 Å². The third-order valence-electron chi connectivity index (χ3n) is 4.50. The molecule has 3 rings (SSSR count). The van der Waals surface area contributed by atoms with E-state index in [-0.39, 0.29) is 11.9 Å². The maximum absolute atomic E-state index is 12.5. The highest BCUT2D eigenvalue weighted by atomic mass is 35.5. The van der Waals surface area contributed by atoms with Gasteiger partial charge in [-0.1, -0.05) is 17.7 Å². The van der Waals surface area contributed by atoms with E-state index in [0.717, 1.165) is 29.7 Å². The molecule has 1 saturated heterocycles. The molecule has 0 saturated carbocycles. The highest BCUT2D eigenvalue weighted by Gasteiger charge is 2.37. The van der Waals surface area contributed by atoms with Crippen molar-refractivity contribution in [1.29, 1.82) is 0 Å². The van der Waals surface area contributed by atoms with Crippen molar-refractivity contribution in [3.05, 3.63) is 46.5 Å². The van der Waals surface area contributed by atoms with Crippen molar-refractivity contribution in [3.8, 4) is 5.75 Å². The molecule has 24 heavy (non-hydrogen) atoms. The largest absolute Gasteiger partial charge is 0.488 e. The zero-order valence-electron chi connectivity index (χ0n) is 14.0. The maximum atomic E-state index is 12.5. The molecule has 0 aliphatic carbocycles. The fourth-order valence-electron chi connectivity index (χ4n) is 3.30. The minimum absolute atomic E-state index is 0.0718. The Morgan fingerprint density at radius 3 is 3.00 bits per heavy atom. The van der Waals surface area contributed by atoms with Gasteiger partial charge in [-0.15, -0.1) is 0 Å². The lowest BCUT2D eigenvalue weighted by molar-refractivity contribution is -0.131. The average Bonchev–Trinajstić information content (AvgIpc) is 3.02. The predicted octanol–water partition coefficient (Wildman–Crippen LogP) is 3.43. The quantitative estimate of drug-likeness (QED) is 0.852. The number of carbonyl (C=O) groups is 1. The van der Waals surface area contributed by atoms with Gasteiger partial charge in [0.2, 0.25) is 5.91 Å². The van der Waals surface area contributed by atoms with Crippen molar-refractivity contribution in [2.75, 3.05) is 13.2 Å². The van der Waals surface area contributed by atoms with Gasteiger partial charge in [0.15, 0.2) is 0 Å². The van der Waals surface area contributed by atoms with E-state index >= 15 is 0 Å². The third-order valence-corrected chi connectivity index (χ3v) is 4.73. The van der Waals surface area contributed by atoms with E-state index < -0.39 is 5.60 Å². The number of aliphatic hydroxyl groups is 1. The average molecular weight is 348 g/mol. The standard InChI is InChI=1S/C19H22ClNO3/c1-19(2,23)17-4-3-9-21(17)18(22)8-5-13-10-14-11-15(20)6-7-16(14)24-12-13/h5-8,10-11,17,23H,3-4,9,12H2,1-2H3/b8-5+. The van der Waals surface area contributed by atoms with E-state index in [1.165, 1.54) is 0 Å². The Morgan fingerprint density at radius 2 is 2.25 bits per heavy atom. The number of hydrogen-bond acceptors (Lipinski definition) is 3. The first-order chi connectivity index (χ1) is 11.3. The summed E-state index contributed by atoms with van der Waals surface area (Å²) in [6.07, 6.45) is 7.08. The van der Waals surface area contributed by atoms with E-state index in [4.69, 9.17) is 16.3 Å². The first-order valence-corrected chi connectivity index (χ1v) is 8.56. The lowest BCUT2D eigenvalue weighted by atomic mass is 9.96. The number of halogens is 1. The summed E-state index contributed by atoms with van der Waals surface area (Å²) in [5.74, 6) is 0.724. The molecule has 5 heteroatoms. The Morgan fingerprint density at radius 1 is 1.46 bits per heavy atom. The number of benzene rings is 1. The molecule has 2 heterocycles. The second kappa shape index (κ2) is 6.61. The van der Waals surface area contributed by atoms with Crippen LogP contribution in [0.3, 0.4) is 0 Å². The summed E-state index contributed by atoms with van der Waals surface area (Å²) in [7, 11) is 0. The van der Waals surface area contributed by atoms with Crippen LogP contribution in [-0.4, -0.2) is 40.7 Å². The van der Waals surface area contributed by atoms with Crippen LogP contribution in [0, 0.1) is 0 Å². The van der Waals surface area contributed by atoms with Crippen LogP contribution in [0.1, 0.15) is 32.3 Å². The van der Waals surface area contributed by atoms with Crippen molar-refractivity contribution >= 4 is 23.6 Å². The zero-order valence-corrected chi connectivity index (χ0v) is 14.7. The van der Waals surface area contributed by atoms with Crippen LogP contribution in [-0.2, 0) is 4.79 Å². The molecule has 1 aromatic carbocycles. The molecule has 1 aromatic rings. The van der Waals surface area contributed by atoms with Crippen molar-refractivity contribution < 1.29 is 14.6 Å². The monoisotopic (exact) mass is 347 g/mol. The smallest absolute Gasteiger partial charge is 0.246 e. The van der Waals surface area contributed by atoms with E-state index in [0.29, 0.717) is 18.2 Å². The molecule has 0 radical (unpaired) electrons. The van der Waals surface area contributed by atoms with Gasteiger partial charge in [-0.2, -0.15) is 0 Å². The Kier molecular flexibility index (Phi) is 4.70. The molecule has 1 atom stereocenters. The van der Waals surface area contributed by atoms with Gasteiger partial charge >= 0.3 is 0 Å². The molecule has 1 N–H and O–H groups in total. The van der Waals surface area contributed by atoms with E-state index in [1.807, 2.05) is 18.2 Å². The summed E-state index contributed by atoms with van der Waals surface area (Å²) in [5.41, 5.74) is 0.941. The van der Waals surface area contributed by atoms with Crippen molar-refractivity contribution in [2.45, 2.75) is 38.3 Å². The van der Waals surface area contributed by atoms with Crippen LogP contribution in [0.2, 0.25) is 5.02 Å². The topological polar surface area (TPSA) is 49.8 Å². The van der Waals surface area contributed by atoms with Crippen LogP contribution in [0.5, 0.6) is 5.75 Å². The van der Waals surface area contributed by atoms with Crippen molar-refractivity contribution in [2.24, 2.45) is 0 Å². The molecule has 1 amide bonds. The molecule has 1 unspecified atom stereocenters. The summed E-state index contributed by atoms with van der Waals surface area (Å²) in [6, 6.07) is 5.35. The normalized spacial score (nSPS) is 20.8.